The van der Waals surface area contributed by atoms with Gasteiger partial charge in [-0.2, -0.15) is 5.10 Å². The minimum atomic E-state index is -0.975. The second-order valence-electron chi connectivity index (χ2n) is 3.61. The Labute approximate surface area is 96.4 Å². The van der Waals surface area contributed by atoms with Crippen LogP contribution in [0.15, 0.2) is 17.8 Å². The molecule has 2 aromatic rings. The fraction of sp³-hybridized carbons (Fsp3) is 0.300. The maximum absolute atomic E-state index is 11.1. The molecule has 0 saturated carbocycles. The van der Waals surface area contributed by atoms with Gasteiger partial charge in [0.25, 0.3) is 0 Å². The second kappa shape index (κ2) is 4.05. The van der Waals surface area contributed by atoms with Gasteiger partial charge in [0.15, 0.2) is 0 Å². The molecule has 2 heterocycles. The zero-order valence-electron chi connectivity index (χ0n) is 8.91. The maximum Gasteiger partial charge on any atom is 0.339 e. The van der Waals surface area contributed by atoms with E-state index >= 15 is 0 Å². The van der Waals surface area contributed by atoms with E-state index in [9.17, 15) is 4.79 Å². The Morgan fingerprint density at radius 1 is 1.56 bits per heavy atom. The molecule has 1 N–H and O–H groups in total. The van der Waals surface area contributed by atoms with Crippen LogP contribution in [0.5, 0.6) is 0 Å². The Balaban J connectivity index is 2.55. The smallest absolute Gasteiger partial charge is 0.339 e. The lowest BCUT2D eigenvalue weighted by atomic mass is 10.2. The van der Waals surface area contributed by atoms with Gasteiger partial charge in [0.05, 0.1) is 0 Å². The lowest BCUT2D eigenvalue weighted by molar-refractivity contribution is 0.0697. The van der Waals surface area contributed by atoms with Gasteiger partial charge >= 0.3 is 5.97 Å². The number of nitrogens with zero attached hydrogens (tertiary/aromatic N) is 3. The van der Waals surface area contributed by atoms with Crippen molar-refractivity contribution in [3.63, 3.8) is 0 Å². The molecule has 0 aliphatic rings. The van der Waals surface area contributed by atoms with Gasteiger partial charge in [-0.3, -0.25) is 4.68 Å². The van der Waals surface area contributed by atoms with Gasteiger partial charge in [-0.25, -0.2) is 9.78 Å². The number of hydrogen-bond donors (Lipinski definition) is 1. The van der Waals surface area contributed by atoms with Gasteiger partial charge in [0.1, 0.15) is 16.3 Å². The standard InChI is InChI=1S/C10H11N3O2S/c1-6(2)13-5-7(10(14)15)8(12-13)9-11-3-4-16-9/h3-6H,1-2H3,(H,14,15). The average molecular weight is 237 g/mol. The quantitative estimate of drug-likeness (QED) is 0.889. The van der Waals surface area contributed by atoms with Crippen LogP contribution in [0.1, 0.15) is 30.2 Å². The van der Waals surface area contributed by atoms with Crippen molar-refractivity contribution in [3.05, 3.63) is 23.3 Å². The summed E-state index contributed by atoms with van der Waals surface area (Å²) in [5, 5.41) is 15.8. The van der Waals surface area contributed by atoms with Crippen molar-refractivity contribution in [1.29, 1.82) is 0 Å². The Kier molecular flexibility index (Phi) is 2.74. The minimum Gasteiger partial charge on any atom is -0.478 e. The van der Waals surface area contributed by atoms with Crippen LogP contribution in [0, 0.1) is 0 Å². The van der Waals surface area contributed by atoms with E-state index in [1.165, 1.54) is 11.3 Å². The summed E-state index contributed by atoms with van der Waals surface area (Å²) in [4.78, 5) is 15.2. The number of aromatic nitrogens is 3. The number of hydrogen-bond acceptors (Lipinski definition) is 4. The van der Waals surface area contributed by atoms with E-state index in [2.05, 4.69) is 10.1 Å². The molecule has 0 aliphatic heterocycles. The first-order valence-corrected chi connectivity index (χ1v) is 5.70. The van der Waals surface area contributed by atoms with Crippen LogP contribution < -0.4 is 0 Å². The summed E-state index contributed by atoms with van der Waals surface area (Å²) in [6.45, 7) is 3.90. The molecule has 0 saturated heterocycles. The fourth-order valence-corrected chi connectivity index (χ4v) is 1.95. The van der Waals surface area contributed by atoms with Crippen LogP contribution in [0.4, 0.5) is 0 Å². The Morgan fingerprint density at radius 2 is 2.31 bits per heavy atom. The second-order valence-corrected chi connectivity index (χ2v) is 4.50. The van der Waals surface area contributed by atoms with Gasteiger partial charge in [-0.05, 0) is 13.8 Å². The number of thiazole rings is 1. The Morgan fingerprint density at radius 3 is 2.81 bits per heavy atom. The lowest BCUT2D eigenvalue weighted by Gasteiger charge is -2.02. The molecular formula is C10H11N3O2S. The van der Waals surface area contributed by atoms with Crippen molar-refractivity contribution in [3.8, 4) is 10.7 Å². The lowest BCUT2D eigenvalue weighted by Crippen LogP contribution is -2.00. The monoisotopic (exact) mass is 237 g/mol. The number of carboxylic acid groups (broad SMARTS) is 1. The zero-order chi connectivity index (χ0) is 11.7. The molecule has 0 atom stereocenters. The summed E-state index contributed by atoms with van der Waals surface area (Å²) < 4.78 is 1.64. The highest BCUT2D eigenvalue weighted by Crippen LogP contribution is 2.25. The van der Waals surface area contributed by atoms with Gasteiger partial charge < -0.3 is 5.11 Å². The minimum absolute atomic E-state index is 0.131. The van der Waals surface area contributed by atoms with Crippen molar-refractivity contribution in [1.82, 2.24) is 14.8 Å². The average Bonchev–Trinajstić information content (AvgIpc) is 2.86. The third kappa shape index (κ3) is 1.83. The predicted molar refractivity (Wildman–Crippen MR) is 60.7 cm³/mol. The summed E-state index contributed by atoms with van der Waals surface area (Å²) in [5.74, 6) is -0.975. The van der Waals surface area contributed by atoms with Crippen LogP contribution in [-0.4, -0.2) is 25.8 Å². The van der Waals surface area contributed by atoms with E-state index in [4.69, 9.17) is 5.11 Å². The molecule has 84 valence electrons. The highest BCUT2D eigenvalue weighted by Gasteiger charge is 2.19. The maximum atomic E-state index is 11.1. The van der Waals surface area contributed by atoms with Crippen molar-refractivity contribution in [2.75, 3.05) is 0 Å². The number of aromatic carboxylic acids is 1. The highest BCUT2D eigenvalue weighted by molar-refractivity contribution is 7.13. The third-order valence-electron chi connectivity index (χ3n) is 2.13. The molecule has 6 heteroatoms. The summed E-state index contributed by atoms with van der Waals surface area (Å²) in [6.07, 6.45) is 3.18. The SMILES string of the molecule is CC(C)n1cc(C(=O)O)c(-c2nccs2)n1. The van der Waals surface area contributed by atoms with E-state index in [-0.39, 0.29) is 11.6 Å². The van der Waals surface area contributed by atoms with Crippen molar-refractivity contribution < 1.29 is 9.90 Å². The van der Waals surface area contributed by atoms with Crippen molar-refractivity contribution in [2.24, 2.45) is 0 Å². The van der Waals surface area contributed by atoms with E-state index in [1.54, 1.807) is 22.5 Å². The molecule has 2 rings (SSSR count). The molecule has 0 aliphatic carbocycles. The molecule has 0 bridgehead atoms. The van der Waals surface area contributed by atoms with Crippen LogP contribution in [0.25, 0.3) is 10.7 Å². The Bertz CT molecular complexity index is 502. The molecule has 16 heavy (non-hydrogen) atoms. The van der Waals surface area contributed by atoms with Gasteiger partial charge in [0, 0.05) is 23.8 Å². The first-order valence-electron chi connectivity index (χ1n) is 4.82. The summed E-state index contributed by atoms with van der Waals surface area (Å²) >= 11 is 1.38. The number of rotatable bonds is 3. The normalized spacial score (nSPS) is 10.9. The first kappa shape index (κ1) is 10.8. The first-order chi connectivity index (χ1) is 7.59. The molecule has 0 spiro atoms. The van der Waals surface area contributed by atoms with Crippen LogP contribution in [0.2, 0.25) is 0 Å². The Hall–Kier alpha value is -1.69. The van der Waals surface area contributed by atoms with Crippen LogP contribution in [-0.2, 0) is 0 Å². The number of carbonyl (C=O) groups is 1. The predicted octanol–water partition coefficient (Wildman–Crippen LogP) is 2.29. The molecule has 0 aromatic carbocycles. The van der Waals surface area contributed by atoms with Crippen molar-refractivity contribution >= 4 is 17.3 Å². The van der Waals surface area contributed by atoms with E-state index in [1.807, 2.05) is 13.8 Å². The van der Waals surface area contributed by atoms with E-state index < -0.39 is 5.97 Å². The number of carboxylic acids is 1. The van der Waals surface area contributed by atoms with Gasteiger partial charge in [0.2, 0.25) is 0 Å². The van der Waals surface area contributed by atoms with E-state index in [0.29, 0.717) is 10.7 Å². The van der Waals surface area contributed by atoms with E-state index in [0.717, 1.165) is 0 Å². The zero-order valence-corrected chi connectivity index (χ0v) is 9.73. The largest absolute Gasteiger partial charge is 0.478 e. The molecule has 0 fully saturated rings. The molecular weight excluding hydrogens is 226 g/mol. The summed E-state index contributed by atoms with van der Waals surface area (Å²) in [7, 11) is 0. The molecule has 2 aromatic heterocycles. The van der Waals surface area contributed by atoms with Crippen LogP contribution >= 0.6 is 11.3 Å². The molecule has 0 radical (unpaired) electrons. The molecule has 5 nitrogen and oxygen atoms in total. The highest BCUT2D eigenvalue weighted by atomic mass is 32.1. The third-order valence-corrected chi connectivity index (χ3v) is 2.91. The summed E-state index contributed by atoms with van der Waals surface area (Å²) in [6, 6.07) is 0.131. The molecule has 0 unspecified atom stereocenters. The fourth-order valence-electron chi connectivity index (χ4n) is 1.31. The van der Waals surface area contributed by atoms with Crippen molar-refractivity contribution in [2.45, 2.75) is 19.9 Å². The van der Waals surface area contributed by atoms with Crippen LogP contribution in [0.3, 0.4) is 0 Å². The molecule has 0 amide bonds. The summed E-state index contributed by atoms with van der Waals surface area (Å²) in [5.41, 5.74) is 0.639. The van der Waals surface area contributed by atoms with Gasteiger partial charge in [-0.1, -0.05) is 0 Å². The topological polar surface area (TPSA) is 68.0 Å². The van der Waals surface area contributed by atoms with Gasteiger partial charge in [-0.15, -0.1) is 11.3 Å².